The predicted octanol–water partition coefficient (Wildman–Crippen LogP) is 1.60. The van der Waals surface area contributed by atoms with Gasteiger partial charge in [0.2, 0.25) is 5.91 Å². The fourth-order valence-corrected chi connectivity index (χ4v) is 4.21. The topological polar surface area (TPSA) is 83.0 Å². The van der Waals surface area contributed by atoms with Crippen molar-refractivity contribution in [1.29, 1.82) is 0 Å². The van der Waals surface area contributed by atoms with Crippen LogP contribution in [0.3, 0.4) is 0 Å². The van der Waals surface area contributed by atoms with Gasteiger partial charge >= 0.3 is 5.97 Å². The fourth-order valence-electron chi connectivity index (χ4n) is 4.21. The molecule has 3 heterocycles. The van der Waals surface area contributed by atoms with E-state index in [0.29, 0.717) is 18.8 Å². The average molecular weight is 381 g/mol. The molecule has 0 aliphatic carbocycles. The van der Waals surface area contributed by atoms with E-state index in [1.165, 1.54) is 0 Å². The van der Waals surface area contributed by atoms with Gasteiger partial charge in [-0.25, -0.2) is 0 Å². The Morgan fingerprint density at radius 1 is 1.29 bits per heavy atom. The molecule has 1 amide bonds. The molecule has 0 bridgehead atoms. The molecule has 1 saturated heterocycles. The molecular weight excluding hydrogens is 358 g/mol. The van der Waals surface area contributed by atoms with Gasteiger partial charge in [-0.1, -0.05) is 18.2 Å². The SMILES string of the molecule is CN(CC(=O)N1CC2c3ccccc3OCC2(C(=O)O)C1)Cc1ccncc1. The van der Waals surface area contributed by atoms with Crippen LogP contribution in [0.2, 0.25) is 0 Å². The second-order valence-corrected chi connectivity index (χ2v) is 7.64. The second-order valence-electron chi connectivity index (χ2n) is 7.64. The Balaban J connectivity index is 1.49. The van der Waals surface area contributed by atoms with Crippen LogP contribution < -0.4 is 4.74 Å². The van der Waals surface area contributed by atoms with Crippen LogP contribution in [0.4, 0.5) is 0 Å². The van der Waals surface area contributed by atoms with Gasteiger partial charge in [-0.2, -0.15) is 0 Å². The van der Waals surface area contributed by atoms with Gasteiger partial charge in [-0.05, 0) is 30.8 Å². The van der Waals surface area contributed by atoms with Crippen molar-refractivity contribution in [3.8, 4) is 5.75 Å². The molecular formula is C21H23N3O4. The van der Waals surface area contributed by atoms with Crippen molar-refractivity contribution in [3.05, 3.63) is 59.9 Å². The Hall–Kier alpha value is -2.93. The number of carboxylic acids is 1. The Morgan fingerprint density at radius 3 is 2.79 bits per heavy atom. The number of nitrogens with zero attached hydrogens (tertiary/aromatic N) is 3. The van der Waals surface area contributed by atoms with Gasteiger partial charge in [0.1, 0.15) is 17.8 Å². The first kappa shape index (κ1) is 18.4. The molecule has 146 valence electrons. The minimum Gasteiger partial charge on any atom is -0.492 e. The Morgan fingerprint density at radius 2 is 2.04 bits per heavy atom. The number of carbonyl (C=O) groups is 2. The maximum absolute atomic E-state index is 12.9. The Labute approximate surface area is 163 Å². The lowest BCUT2D eigenvalue weighted by molar-refractivity contribution is -0.152. The van der Waals surface area contributed by atoms with E-state index < -0.39 is 11.4 Å². The first-order chi connectivity index (χ1) is 13.5. The molecule has 1 N–H and O–H groups in total. The number of carboxylic acid groups (broad SMARTS) is 1. The van der Waals surface area contributed by atoms with Crippen LogP contribution in [-0.2, 0) is 16.1 Å². The summed E-state index contributed by atoms with van der Waals surface area (Å²) in [4.78, 5) is 32.7. The number of amides is 1. The summed E-state index contributed by atoms with van der Waals surface area (Å²) in [6.07, 6.45) is 3.45. The number of rotatable bonds is 5. The summed E-state index contributed by atoms with van der Waals surface area (Å²) in [5.74, 6) is -0.519. The van der Waals surface area contributed by atoms with Crippen molar-refractivity contribution >= 4 is 11.9 Å². The monoisotopic (exact) mass is 381 g/mol. The van der Waals surface area contributed by atoms with Crippen LogP contribution >= 0.6 is 0 Å². The van der Waals surface area contributed by atoms with Crippen molar-refractivity contribution in [2.24, 2.45) is 5.41 Å². The molecule has 2 aromatic rings. The van der Waals surface area contributed by atoms with E-state index in [2.05, 4.69) is 4.98 Å². The number of likely N-dealkylation sites (tertiary alicyclic amines) is 1. The van der Waals surface area contributed by atoms with E-state index in [0.717, 1.165) is 11.1 Å². The van der Waals surface area contributed by atoms with Crippen LogP contribution in [0.1, 0.15) is 17.0 Å². The number of aromatic nitrogens is 1. The van der Waals surface area contributed by atoms with Crippen molar-refractivity contribution in [3.63, 3.8) is 0 Å². The van der Waals surface area contributed by atoms with Gasteiger partial charge in [0.15, 0.2) is 0 Å². The van der Waals surface area contributed by atoms with Crippen LogP contribution in [0.25, 0.3) is 0 Å². The Kier molecular flexibility index (Phi) is 4.77. The van der Waals surface area contributed by atoms with Crippen molar-refractivity contribution in [1.82, 2.24) is 14.8 Å². The maximum Gasteiger partial charge on any atom is 0.315 e. The summed E-state index contributed by atoms with van der Waals surface area (Å²) >= 11 is 0. The van der Waals surface area contributed by atoms with Gasteiger partial charge in [-0.15, -0.1) is 0 Å². The minimum atomic E-state index is -1.09. The van der Waals surface area contributed by atoms with E-state index in [9.17, 15) is 14.7 Å². The predicted molar refractivity (Wildman–Crippen MR) is 102 cm³/mol. The molecule has 0 spiro atoms. The third kappa shape index (κ3) is 3.22. The number of aliphatic carboxylic acids is 1. The number of hydrogen-bond acceptors (Lipinski definition) is 5. The summed E-state index contributed by atoms with van der Waals surface area (Å²) in [7, 11) is 1.88. The van der Waals surface area contributed by atoms with Gasteiger partial charge in [0.05, 0.1) is 6.54 Å². The molecule has 0 radical (unpaired) electrons. The fraction of sp³-hybridized carbons (Fsp3) is 0.381. The van der Waals surface area contributed by atoms with Crippen molar-refractivity contribution in [2.75, 3.05) is 33.3 Å². The summed E-state index contributed by atoms with van der Waals surface area (Å²) < 4.78 is 5.76. The van der Waals surface area contributed by atoms with E-state index in [-0.39, 0.29) is 31.5 Å². The molecule has 2 aliphatic rings. The number of para-hydroxylation sites is 1. The highest BCUT2D eigenvalue weighted by Gasteiger charge is 2.57. The zero-order valence-electron chi connectivity index (χ0n) is 15.7. The second kappa shape index (κ2) is 7.24. The lowest BCUT2D eigenvalue weighted by Crippen LogP contribution is -2.46. The number of likely N-dealkylation sites (N-methyl/N-ethyl adjacent to an activating group) is 1. The zero-order valence-corrected chi connectivity index (χ0v) is 15.7. The lowest BCUT2D eigenvalue weighted by atomic mass is 9.73. The third-order valence-electron chi connectivity index (χ3n) is 5.71. The quantitative estimate of drug-likeness (QED) is 0.847. The lowest BCUT2D eigenvalue weighted by Gasteiger charge is -2.35. The number of ether oxygens (including phenoxy) is 1. The largest absolute Gasteiger partial charge is 0.492 e. The minimum absolute atomic E-state index is 0.0657. The van der Waals surface area contributed by atoms with Gasteiger partial charge in [0.25, 0.3) is 0 Å². The standard InChI is InChI=1S/C21H23N3O4/c1-23(10-15-6-8-22-9-7-15)12-19(25)24-11-17-16-4-2-3-5-18(16)28-14-21(17,13-24)20(26)27/h2-9,17H,10-14H2,1H3,(H,26,27). The van der Waals surface area contributed by atoms with Crippen LogP contribution in [0.15, 0.2) is 48.8 Å². The van der Waals surface area contributed by atoms with Gasteiger partial charge < -0.3 is 14.7 Å². The molecule has 1 aromatic carbocycles. The van der Waals surface area contributed by atoms with Crippen molar-refractivity contribution < 1.29 is 19.4 Å². The summed E-state index contributed by atoms with van der Waals surface area (Å²) in [6, 6.07) is 11.3. The summed E-state index contributed by atoms with van der Waals surface area (Å²) in [5, 5.41) is 9.97. The third-order valence-corrected chi connectivity index (χ3v) is 5.71. The zero-order chi connectivity index (χ0) is 19.7. The van der Waals surface area contributed by atoms with Gasteiger partial charge in [0, 0.05) is 43.5 Å². The van der Waals surface area contributed by atoms with E-state index in [1.54, 1.807) is 17.3 Å². The van der Waals surface area contributed by atoms with E-state index >= 15 is 0 Å². The van der Waals surface area contributed by atoms with Gasteiger partial charge in [-0.3, -0.25) is 19.5 Å². The summed E-state index contributed by atoms with van der Waals surface area (Å²) in [6.45, 7) is 1.51. The molecule has 0 saturated carbocycles. The smallest absolute Gasteiger partial charge is 0.315 e. The van der Waals surface area contributed by atoms with Crippen molar-refractivity contribution in [2.45, 2.75) is 12.5 Å². The molecule has 7 nitrogen and oxygen atoms in total. The normalized spacial score (nSPS) is 23.1. The molecule has 2 atom stereocenters. The highest BCUT2D eigenvalue weighted by molar-refractivity contribution is 5.83. The Bertz CT molecular complexity index is 888. The number of hydrogen-bond donors (Lipinski definition) is 1. The summed E-state index contributed by atoms with van der Waals surface area (Å²) in [5.41, 5.74) is 0.856. The van der Waals surface area contributed by atoms with Crippen LogP contribution in [0.5, 0.6) is 5.75 Å². The molecule has 28 heavy (non-hydrogen) atoms. The highest BCUT2D eigenvalue weighted by atomic mass is 16.5. The van der Waals surface area contributed by atoms with Crippen LogP contribution in [0, 0.1) is 5.41 Å². The maximum atomic E-state index is 12.9. The molecule has 1 aromatic heterocycles. The molecule has 2 unspecified atom stereocenters. The molecule has 2 aliphatic heterocycles. The number of pyridine rings is 1. The average Bonchev–Trinajstić information content (AvgIpc) is 3.11. The van der Waals surface area contributed by atoms with Crippen LogP contribution in [-0.4, -0.2) is 65.1 Å². The number of fused-ring (bicyclic) bond motifs is 3. The van der Waals surface area contributed by atoms with E-state index in [4.69, 9.17) is 4.74 Å². The number of carbonyl (C=O) groups excluding carboxylic acids is 1. The first-order valence-corrected chi connectivity index (χ1v) is 9.30. The molecule has 4 rings (SSSR count). The molecule has 1 fully saturated rings. The first-order valence-electron chi connectivity index (χ1n) is 9.30. The highest BCUT2D eigenvalue weighted by Crippen LogP contribution is 2.49. The molecule has 7 heteroatoms. The van der Waals surface area contributed by atoms with E-state index in [1.807, 2.05) is 48.3 Å². The number of benzene rings is 1.